The normalized spacial score (nSPS) is 12.5. The smallest absolute Gasteiger partial charge is 0.233 e. The van der Waals surface area contributed by atoms with E-state index in [1.807, 2.05) is 18.7 Å². The zero-order valence-corrected chi connectivity index (χ0v) is 10.2. The first-order valence-electron chi connectivity index (χ1n) is 5.17. The molecule has 0 aliphatic heterocycles. The molecule has 0 bridgehead atoms. The predicted octanol–water partition coefficient (Wildman–Crippen LogP) is 1.10. The lowest BCUT2D eigenvalue weighted by Crippen LogP contribution is -2.36. The quantitative estimate of drug-likeness (QED) is 0.641. The molecule has 4 heteroatoms. The SMILES string of the molecule is CCCNC(=O)CNCC(C)CSC. The highest BCUT2D eigenvalue weighted by atomic mass is 32.2. The van der Waals surface area contributed by atoms with Crippen molar-refractivity contribution in [3.05, 3.63) is 0 Å². The first kappa shape index (κ1) is 13.8. The third-order valence-electron chi connectivity index (χ3n) is 1.80. The summed E-state index contributed by atoms with van der Waals surface area (Å²) in [4.78, 5) is 11.2. The minimum Gasteiger partial charge on any atom is -0.355 e. The van der Waals surface area contributed by atoms with Gasteiger partial charge in [-0.1, -0.05) is 13.8 Å². The highest BCUT2D eigenvalue weighted by Gasteiger charge is 2.02. The van der Waals surface area contributed by atoms with Crippen molar-refractivity contribution in [2.75, 3.05) is 31.6 Å². The molecule has 0 heterocycles. The zero-order valence-electron chi connectivity index (χ0n) is 9.43. The van der Waals surface area contributed by atoms with Gasteiger partial charge in [0.05, 0.1) is 6.54 Å². The number of rotatable bonds is 8. The molecule has 0 radical (unpaired) electrons. The van der Waals surface area contributed by atoms with Crippen molar-refractivity contribution < 1.29 is 4.79 Å². The van der Waals surface area contributed by atoms with Gasteiger partial charge in [0.1, 0.15) is 0 Å². The molecule has 0 aromatic carbocycles. The van der Waals surface area contributed by atoms with Crippen molar-refractivity contribution in [3.8, 4) is 0 Å². The first-order chi connectivity index (χ1) is 6.70. The Labute approximate surface area is 91.4 Å². The lowest BCUT2D eigenvalue weighted by Gasteiger charge is -2.10. The second kappa shape index (κ2) is 9.34. The van der Waals surface area contributed by atoms with E-state index < -0.39 is 0 Å². The summed E-state index contributed by atoms with van der Waals surface area (Å²) in [7, 11) is 0. The van der Waals surface area contributed by atoms with Crippen LogP contribution in [0.4, 0.5) is 0 Å². The summed E-state index contributed by atoms with van der Waals surface area (Å²) in [6.45, 7) is 6.38. The van der Waals surface area contributed by atoms with Gasteiger partial charge in [0.25, 0.3) is 0 Å². The van der Waals surface area contributed by atoms with E-state index >= 15 is 0 Å². The molecule has 0 aromatic rings. The molecule has 1 unspecified atom stereocenters. The number of amides is 1. The third-order valence-corrected chi connectivity index (χ3v) is 2.70. The maximum Gasteiger partial charge on any atom is 0.233 e. The largest absolute Gasteiger partial charge is 0.355 e. The van der Waals surface area contributed by atoms with E-state index in [-0.39, 0.29) is 5.91 Å². The summed E-state index contributed by atoms with van der Waals surface area (Å²) in [5.41, 5.74) is 0. The van der Waals surface area contributed by atoms with Crippen molar-refractivity contribution >= 4 is 17.7 Å². The first-order valence-corrected chi connectivity index (χ1v) is 6.56. The van der Waals surface area contributed by atoms with Crippen molar-refractivity contribution in [2.24, 2.45) is 5.92 Å². The van der Waals surface area contributed by atoms with Crippen molar-refractivity contribution in [1.82, 2.24) is 10.6 Å². The van der Waals surface area contributed by atoms with E-state index in [9.17, 15) is 4.79 Å². The van der Waals surface area contributed by atoms with Crippen LogP contribution in [0.3, 0.4) is 0 Å². The Morgan fingerprint density at radius 3 is 2.79 bits per heavy atom. The van der Waals surface area contributed by atoms with Crippen LogP contribution in [0.2, 0.25) is 0 Å². The Morgan fingerprint density at radius 2 is 2.21 bits per heavy atom. The molecule has 0 aliphatic carbocycles. The van der Waals surface area contributed by atoms with E-state index in [0.29, 0.717) is 12.5 Å². The van der Waals surface area contributed by atoms with Gasteiger partial charge < -0.3 is 10.6 Å². The molecule has 0 saturated carbocycles. The number of hydrogen-bond acceptors (Lipinski definition) is 3. The number of carbonyl (C=O) groups is 1. The number of hydrogen-bond donors (Lipinski definition) is 2. The van der Waals surface area contributed by atoms with Gasteiger partial charge in [-0.25, -0.2) is 0 Å². The average molecular weight is 218 g/mol. The van der Waals surface area contributed by atoms with Crippen LogP contribution < -0.4 is 10.6 Å². The van der Waals surface area contributed by atoms with Crippen LogP contribution in [0.15, 0.2) is 0 Å². The number of carbonyl (C=O) groups excluding carboxylic acids is 1. The van der Waals surface area contributed by atoms with Gasteiger partial charge >= 0.3 is 0 Å². The highest BCUT2D eigenvalue weighted by Crippen LogP contribution is 2.01. The van der Waals surface area contributed by atoms with E-state index in [0.717, 1.165) is 25.3 Å². The van der Waals surface area contributed by atoms with E-state index in [1.54, 1.807) is 0 Å². The van der Waals surface area contributed by atoms with Crippen LogP contribution >= 0.6 is 11.8 Å². The monoisotopic (exact) mass is 218 g/mol. The molecule has 0 spiro atoms. The second-order valence-electron chi connectivity index (χ2n) is 3.54. The topological polar surface area (TPSA) is 41.1 Å². The average Bonchev–Trinajstić information content (AvgIpc) is 2.15. The summed E-state index contributed by atoms with van der Waals surface area (Å²) in [6, 6.07) is 0. The fraction of sp³-hybridized carbons (Fsp3) is 0.900. The van der Waals surface area contributed by atoms with Crippen LogP contribution in [0, 0.1) is 5.92 Å². The van der Waals surface area contributed by atoms with Gasteiger partial charge in [-0.2, -0.15) is 11.8 Å². The van der Waals surface area contributed by atoms with Crippen LogP contribution in [0.1, 0.15) is 20.3 Å². The maximum absolute atomic E-state index is 11.2. The van der Waals surface area contributed by atoms with Gasteiger partial charge in [-0.3, -0.25) is 4.79 Å². The van der Waals surface area contributed by atoms with Crippen molar-refractivity contribution in [3.63, 3.8) is 0 Å². The Kier molecular flexibility index (Phi) is 9.19. The van der Waals surface area contributed by atoms with E-state index in [1.165, 1.54) is 0 Å². The molecule has 1 amide bonds. The van der Waals surface area contributed by atoms with Gasteiger partial charge in [0.2, 0.25) is 5.91 Å². The van der Waals surface area contributed by atoms with Gasteiger partial charge in [0, 0.05) is 6.54 Å². The van der Waals surface area contributed by atoms with Gasteiger partial charge in [0.15, 0.2) is 0 Å². The van der Waals surface area contributed by atoms with Crippen molar-refractivity contribution in [2.45, 2.75) is 20.3 Å². The third kappa shape index (κ3) is 8.38. The van der Waals surface area contributed by atoms with Crippen molar-refractivity contribution in [1.29, 1.82) is 0 Å². The number of thioether (sulfide) groups is 1. The molecule has 14 heavy (non-hydrogen) atoms. The summed E-state index contributed by atoms with van der Waals surface area (Å²) in [6.07, 6.45) is 3.10. The molecule has 0 fully saturated rings. The molecule has 0 aliphatic rings. The summed E-state index contributed by atoms with van der Waals surface area (Å²) in [5.74, 6) is 1.87. The molecule has 84 valence electrons. The molecule has 1 atom stereocenters. The van der Waals surface area contributed by atoms with Crippen LogP contribution in [-0.2, 0) is 4.79 Å². The fourth-order valence-corrected chi connectivity index (χ4v) is 1.79. The Balaban J connectivity index is 3.30. The second-order valence-corrected chi connectivity index (χ2v) is 4.45. The Hall–Kier alpha value is -0.220. The predicted molar refractivity (Wildman–Crippen MR) is 63.7 cm³/mol. The van der Waals surface area contributed by atoms with Crippen LogP contribution in [-0.4, -0.2) is 37.6 Å². The van der Waals surface area contributed by atoms with Gasteiger partial charge in [-0.15, -0.1) is 0 Å². The molecule has 2 N–H and O–H groups in total. The lowest BCUT2D eigenvalue weighted by atomic mass is 10.2. The van der Waals surface area contributed by atoms with Crippen LogP contribution in [0.5, 0.6) is 0 Å². The molecule has 0 saturated heterocycles. The van der Waals surface area contributed by atoms with Crippen LogP contribution in [0.25, 0.3) is 0 Å². The molecule has 0 aromatic heterocycles. The highest BCUT2D eigenvalue weighted by molar-refractivity contribution is 7.98. The molecular weight excluding hydrogens is 196 g/mol. The lowest BCUT2D eigenvalue weighted by molar-refractivity contribution is -0.120. The Bertz CT molecular complexity index is 153. The maximum atomic E-state index is 11.2. The molecular formula is C10H22N2OS. The minimum atomic E-state index is 0.100. The zero-order chi connectivity index (χ0) is 10.8. The molecule has 0 rings (SSSR count). The standard InChI is InChI=1S/C10H22N2OS/c1-4-5-12-10(13)7-11-6-9(2)8-14-3/h9,11H,4-8H2,1-3H3,(H,12,13). The minimum absolute atomic E-state index is 0.100. The Morgan fingerprint density at radius 1 is 1.50 bits per heavy atom. The van der Waals surface area contributed by atoms with E-state index in [4.69, 9.17) is 0 Å². The summed E-state index contributed by atoms with van der Waals surface area (Å²) < 4.78 is 0. The number of nitrogens with one attached hydrogen (secondary N) is 2. The summed E-state index contributed by atoms with van der Waals surface area (Å²) in [5, 5.41) is 5.98. The summed E-state index contributed by atoms with van der Waals surface area (Å²) >= 11 is 1.84. The fourth-order valence-electron chi connectivity index (χ4n) is 1.10. The molecule has 3 nitrogen and oxygen atoms in total. The van der Waals surface area contributed by atoms with E-state index in [2.05, 4.69) is 23.8 Å². The van der Waals surface area contributed by atoms with Gasteiger partial charge in [-0.05, 0) is 30.9 Å².